The maximum Gasteiger partial charge on any atom is 0.231 e. The minimum atomic E-state index is -0.584. The highest BCUT2D eigenvalue weighted by Gasteiger charge is 2.21. The Balaban J connectivity index is 1.55. The third-order valence-corrected chi connectivity index (χ3v) is 4.99. The molecule has 4 rings (SSSR count). The van der Waals surface area contributed by atoms with Gasteiger partial charge in [0.25, 0.3) is 0 Å². The molecule has 1 aliphatic rings. The number of aromatic nitrogens is 1. The van der Waals surface area contributed by atoms with Crippen LogP contribution in [0.3, 0.4) is 0 Å². The zero-order valence-electron chi connectivity index (χ0n) is 16.4. The molecule has 0 spiro atoms. The van der Waals surface area contributed by atoms with Crippen LogP contribution < -0.4 is 19.7 Å². The largest absolute Gasteiger partial charge is 0.454 e. The molecule has 0 radical (unpaired) electrons. The smallest absolute Gasteiger partial charge is 0.231 e. The molecule has 2 aromatic carbocycles. The Labute approximate surface area is 182 Å². The van der Waals surface area contributed by atoms with Gasteiger partial charge in [0.2, 0.25) is 18.6 Å². The Morgan fingerprint density at radius 2 is 1.97 bits per heavy atom. The molecule has 9 heteroatoms. The van der Waals surface area contributed by atoms with Gasteiger partial charge in [-0.05, 0) is 29.8 Å². The molecule has 2 amide bonds. The second kappa shape index (κ2) is 8.61. The first-order valence-electron chi connectivity index (χ1n) is 9.31. The number of pyridine rings is 1. The van der Waals surface area contributed by atoms with E-state index >= 15 is 0 Å². The number of halogens is 2. The van der Waals surface area contributed by atoms with E-state index in [1.165, 1.54) is 30.2 Å². The molecular weight excluding hydrogens is 425 g/mol. The van der Waals surface area contributed by atoms with Crippen LogP contribution in [0.4, 0.5) is 21.6 Å². The maximum atomic E-state index is 13.6. The molecule has 0 bridgehead atoms. The summed E-state index contributed by atoms with van der Waals surface area (Å²) in [6.07, 6.45) is 1.37. The highest BCUT2D eigenvalue weighted by atomic mass is 35.5. The third-order valence-electron chi connectivity index (χ3n) is 4.57. The summed E-state index contributed by atoms with van der Waals surface area (Å²) in [5.41, 5.74) is 1.34. The minimum Gasteiger partial charge on any atom is -0.454 e. The Hall–Kier alpha value is -3.65. The number of benzene rings is 2. The molecule has 0 saturated heterocycles. The lowest BCUT2D eigenvalue weighted by atomic mass is 10.1. The summed E-state index contributed by atoms with van der Waals surface area (Å²) in [5.74, 6) is 0.188. The number of rotatable bonds is 5. The van der Waals surface area contributed by atoms with Crippen molar-refractivity contribution < 1.29 is 23.5 Å². The van der Waals surface area contributed by atoms with Crippen molar-refractivity contribution in [3.63, 3.8) is 0 Å². The van der Waals surface area contributed by atoms with Crippen LogP contribution in [0, 0.1) is 5.82 Å². The van der Waals surface area contributed by atoms with Crippen LogP contribution in [0.1, 0.15) is 12.5 Å². The van der Waals surface area contributed by atoms with E-state index in [2.05, 4.69) is 10.3 Å². The van der Waals surface area contributed by atoms with Crippen molar-refractivity contribution >= 4 is 40.6 Å². The Morgan fingerprint density at radius 3 is 2.77 bits per heavy atom. The van der Waals surface area contributed by atoms with Gasteiger partial charge in [-0.1, -0.05) is 23.7 Å². The summed E-state index contributed by atoms with van der Waals surface area (Å²) < 4.78 is 24.3. The zero-order chi connectivity index (χ0) is 22.0. The predicted molar refractivity (Wildman–Crippen MR) is 113 cm³/mol. The SMILES string of the molecule is CC(=O)N(c1ccc2c(c1)OCO2)c1cc(NC(=O)Cc2cccc(F)c2Cl)ccn1. The summed E-state index contributed by atoms with van der Waals surface area (Å²) in [6, 6.07) is 12.6. The lowest BCUT2D eigenvalue weighted by molar-refractivity contribution is -0.116. The van der Waals surface area contributed by atoms with Crippen molar-refractivity contribution in [3.05, 3.63) is 71.1 Å². The predicted octanol–water partition coefficient (Wildman–Crippen LogP) is 4.47. The topological polar surface area (TPSA) is 80.8 Å². The summed E-state index contributed by atoms with van der Waals surface area (Å²) in [7, 11) is 0. The number of carbonyl (C=O) groups is 2. The number of amides is 2. The highest BCUT2D eigenvalue weighted by molar-refractivity contribution is 6.31. The molecule has 3 aromatic rings. The molecule has 7 nitrogen and oxygen atoms in total. The number of nitrogens with one attached hydrogen (secondary N) is 1. The van der Waals surface area contributed by atoms with E-state index < -0.39 is 5.82 Å². The van der Waals surface area contributed by atoms with Gasteiger partial charge in [-0.25, -0.2) is 9.37 Å². The van der Waals surface area contributed by atoms with E-state index in [1.807, 2.05) is 0 Å². The van der Waals surface area contributed by atoms with Crippen LogP contribution in [0.25, 0.3) is 0 Å². The van der Waals surface area contributed by atoms with Gasteiger partial charge in [-0.2, -0.15) is 0 Å². The van der Waals surface area contributed by atoms with Gasteiger partial charge in [0.05, 0.1) is 17.1 Å². The minimum absolute atomic E-state index is 0.0846. The third kappa shape index (κ3) is 4.44. The van der Waals surface area contributed by atoms with Crippen LogP contribution in [0.15, 0.2) is 54.7 Å². The van der Waals surface area contributed by atoms with Gasteiger partial charge in [0.1, 0.15) is 11.6 Å². The molecule has 158 valence electrons. The molecule has 2 heterocycles. The van der Waals surface area contributed by atoms with Crippen LogP contribution >= 0.6 is 11.6 Å². The van der Waals surface area contributed by atoms with Crippen LogP contribution in [0.5, 0.6) is 11.5 Å². The number of ether oxygens (including phenoxy) is 2. The van der Waals surface area contributed by atoms with Gasteiger partial charge in [-0.3, -0.25) is 14.5 Å². The second-order valence-corrected chi connectivity index (χ2v) is 7.11. The number of hydrogen-bond acceptors (Lipinski definition) is 5. The van der Waals surface area contributed by atoms with Gasteiger partial charge in [0, 0.05) is 30.9 Å². The lowest BCUT2D eigenvalue weighted by Gasteiger charge is -2.21. The normalized spacial score (nSPS) is 11.8. The van der Waals surface area contributed by atoms with Gasteiger partial charge < -0.3 is 14.8 Å². The van der Waals surface area contributed by atoms with Gasteiger partial charge >= 0.3 is 0 Å². The molecule has 1 N–H and O–H groups in total. The summed E-state index contributed by atoms with van der Waals surface area (Å²) >= 11 is 5.92. The van der Waals surface area contributed by atoms with Crippen molar-refractivity contribution in [1.82, 2.24) is 4.98 Å². The van der Waals surface area contributed by atoms with E-state index in [1.54, 1.807) is 36.4 Å². The molecule has 0 aliphatic carbocycles. The maximum absolute atomic E-state index is 13.6. The van der Waals surface area contributed by atoms with Gasteiger partial charge in [0.15, 0.2) is 11.5 Å². The number of anilines is 3. The average molecular weight is 442 g/mol. The molecule has 0 saturated carbocycles. The molecule has 1 aliphatic heterocycles. The number of nitrogens with zero attached hydrogens (tertiary/aromatic N) is 2. The van der Waals surface area contributed by atoms with E-state index in [0.29, 0.717) is 34.3 Å². The molecule has 0 atom stereocenters. The van der Waals surface area contributed by atoms with Crippen molar-refractivity contribution in [3.8, 4) is 11.5 Å². The molecule has 0 unspecified atom stereocenters. The molecule has 31 heavy (non-hydrogen) atoms. The van der Waals surface area contributed by atoms with Crippen molar-refractivity contribution in [2.45, 2.75) is 13.3 Å². The summed E-state index contributed by atoms with van der Waals surface area (Å²) in [5, 5.41) is 2.64. The molecular formula is C22H17ClFN3O4. The first kappa shape index (κ1) is 20.6. The number of hydrogen-bond donors (Lipinski definition) is 1. The fourth-order valence-corrected chi connectivity index (χ4v) is 3.37. The highest BCUT2D eigenvalue weighted by Crippen LogP contribution is 2.37. The molecule has 1 aromatic heterocycles. The first-order chi connectivity index (χ1) is 14.9. The monoisotopic (exact) mass is 441 g/mol. The second-order valence-electron chi connectivity index (χ2n) is 6.73. The van der Waals surface area contributed by atoms with Crippen molar-refractivity contribution in [2.24, 2.45) is 0 Å². The zero-order valence-corrected chi connectivity index (χ0v) is 17.1. The van der Waals surface area contributed by atoms with Crippen molar-refractivity contribution in [1.29, 1.82) is 0 Å². The fourth-order valence-electron chi connectivity index (χ4n) is 3.18. The van der Waals surface area contributed by atoms with Crippen LogP contribution in [-0.2, 0) is 16.0 Å². The van der Waals surface area contributed by atoms with E-state index in [4.69, 9.17) is 21.1 Å². The Kier molecular flexibility index (Phi) is 5.73. The lowest BCUT2D eigenvalue weighted by Crippen LogP contribution is -2.24. The number of carbonyl (C=O) groups excluding carboxylic acids is 2. The average Bonchev–Trinajstić information content (AvgIpc) is 3.19. The van der Waals surface area contributed by atoms with E-state index in [-0.39, 0.29) is 30.1 Å². The quantitative estimate of drug-likeness (QED) is 0.632. The standard InChI is InChI=1S/C22H17ClFN3O4/c1-13(28)27(16-5-6-18-19(11-16)31-12-30-18)20-10-15(7-8-25-20)26-21(29)9-14-3-2-4-17(24)22(14)23/h2-8,10-11H,9,12H2,1H3,(H,25,26,29). The Morgan fingerprint density at radius 1 is 1.16 bits per heavy atom. The van der Waals surface area contributed by atoms with E-state index in [0.717, 1.165) is 0 Å². The Bertz CT molecular complexity index is 1170. The summed E-state index contributed by atoms with van der Waals surface area (Å²) in [6.45, 7) is 1.53. The van der Waals surface area contributed by atoms with Crippen LogP contribution in [-0.4, -0.2) is 23.6 Å². The first-order valence-corrected chi connectivity index (χ1v) is 9.69. The van der Waals surface area contributed by atoms with Gasteiger partial charge in [-0.15, -0.1) is 0 Å². The number of fused-ring (bicyclic) bond motifs is 1. The summed E-state index contributed by atoms with van der Waals surface area (Å²) in [4.78, 5) is 30.4. The fraction of sp³-hybridized carbons (Fsp3) is 0.136. The van der Waals surface area contributed by atoms with Crippen LogP contribution in [0.2, 0.25) is 5.02 Å². The molecule has 0 fully saturated rings. The van der Waals surface area contributed by atoms with Crippen molar-refractivity contribution in [2.75, 3.05) is 17.0 Å². The van der Waals surface area contributed by atoms with E-state index in [9.17, 15) is 14.0 Å².